The summed E-state index contributed by atoms with van der Waals surface area (Å²) in [6.07, 6.45) is 15.2. The van der Waals surface area contributed by atoms with E-state index in [-0.39, 0.29) is 17.4 Å². The van der Waals surface area contributed by atoms with Gasteiger partial charge in [0.1, 0.15) is 5.82 Å². The van der Waals surface area contributed by atoms with Gasteiger partial charge in [0.05, 0.1) is 6.20 Å². The van der Waals surface area contributed by atoms with E-state index in [9.17, 15) is 9.59 Å². The number of carbonyl (C=O) groups excluding carboxylic acids is 2. The van der Waals surface area contributed by atoms with Crippen LogP contribution in [0.15, 0.2) is 55.0 Å². The number of nitrogens with zero attached hydrogens (tertiary/aromatic N) is 5. The molecule has 1 saturated carbocycles. The third-order valence-corrected chi connectivity index (χ3v) is 9.31. The number of ketones is 1. The zero-order valence-corrected chi connectivity index (χ0v) is 24.3. The Balaban J connectivity index is 1.10. The molecule has 2 saturated heterocycles. The first-order valence-corrected chi connectivity index (χ1v) is 15.5. The number of anilines is 3. The normalized spacial score (nSPS) is 20.5. The fourth-order valence-corrected chi connectivity index (χ4v) is 6.99. The molecule has 1 aliphatic carbocycles. The van der Waals surface area contributed by atoms with Gasteiger partial charge in [-0.2, -0.15) is 0 Å². The summed E-state index contributed by atoms with van der Waals surface area (Å²) in [6.45, 7) is 3.89. The average molecular weight is 568 g/mol. The van der Waals surface area contributed by atoms with Gasteiger partial charge in [0.2, 0.25) is 0 Å². The smallest absolute Gasteiger partial charge is 0.271 e. The summed E-state index contributed by atoms with van der Waals surface area (Å²) in [5, 5.41) is 3.30. The van der Waals surface area contributed by atoms with Crippen LogP contribution in [0, 0.1) is 5.92 Å². The molecule has 9 heteroatoms. The zero-order chi connectivity index (χ0) is 28.9. The first-order valence-electron chi connectivity index (χ1n) is 15.5. The van der Waals surface area contributed by atoms with Crippen molar-refractivity contribution in [1.82, 2.24) is 19.9 Å². The molecule has 3 aliphatic rings. The molecule has 2 aliphatic heterocycles. The molecule has 9 nitrogen and oxygen atoms in total. The molecule has 42 heavy (non-hydrogen) atoms. The van der Waals surface area contributed by atoms with Gasteiger partial charge < -0.3 is 20.9 Å². The molecule has 0 unspecified atom stereocenters. The number of rotatable bonds is 9. The lowest BCUT2D eigenvalue weighted by Crippen LogP contribution is -2.39. The van der Waals surface area contributed by atoms with Crippen LogP contribution >= 0.6 is 0 Å². The minimum absolute atomic E-state index is 0.107. The van der Waals surface area contributed by atoms with E-state index >= 15 is 0 Å². The molecule has 1 atom stereocenters. The summed E-state index contributed by atoms with van der Waals surface area (Å²) in [5.41, 5.74) is 8.63. The maximum atomic E-state index is 12.8. The number of nitrogens with two attached hydrogens (primary N) is 1. The number of hydrogen-bond acceptors (Lipinski definition) is 8. The molecule has 3 fully saturated rings. The van der Waals surface area contributed by atoms with Crippen LogP contribution in [0.25, 0.3) is 0 Å². The molecule has 220 valence electrons. The van der Waals surface area contributed by atoms with E-state index in [0.29, 0.717) is 36.1 Å². The van der Waals surface area contributed by atoms with Crippen LogP contribution in [0.4, 0.5) is 17.3 Å². The van der Waals surface area contributed by atoms with Crippen molar-refractivity contribution in [2.45, 2.75) is 69.7 Å². The fourth-order valence-electron chi connectivity index (χ4n) is 6.99. The van der Waals surface area contributed by atoms with Crippen LogP contribution in [-0.2, 0) is 0 Å². The van der Waals surface area contributed by atoms with Gasteiger partial charge in [-0.3, -0.25) is 14.6 Å². The third kappa shape index (κ3) is 6.62. The van der Waals surface area contributed by atoms with Gasteiger partial charge >= 0.3 is 0 Å². The van der Waals surface area contributed by atoms with Crippen LogP contribution in [0.5, 0.6) is 0 Å². The minimum Gasteiger partial charge on any atom is -0.364 e. The predicted molar refractivity (Wildman–Crippen MR) is 164 cm³/mol. The number of nitrogens with one attached hydrogen (secondary N) is 1. The molecule has 1 amide bonds. The van der Waals surface area contributed by atoms with E-state index in [1.165, 1.54) is 57.2 Å². The van der Waals surface area contributed by atoms with Crippen molar-refractivity contribution in [3.05, 3.63) is 71.8 Å². The standard InChI is InChI=1S/C33H41N7O2/c34-32(42)31-33(37-27-11-9-24(10-12-27)25-13-17-39(18-14-25)28-7-1-2-8-28)38-30(21-36-31)40-16-4-5-23(22-40)19-29(41)26-6-3-15-35-20-26/h3,6,9-12,15,20-21,23,25,28H,1-2,4-5,7-8,13-14,16-19,22H2,(H2,34,42)(H,37,38)/t23-/m0/s1. The molecule has 3 N–H and O–H groups in total. The molecular weight excluding hydrogens is 526 g/mol. The molecule has 1 aromatic carbocycles. The molecule has 0 radical (unpaired) electrons. The second-order valence-electron chi connectivity index (χ2n) is 12.1. The van der Waals surface area contributed by atoms with Crippen molar-refractivity contribution < 1.29 is 9.59 Å². The van der Waals surface area contributed by atoms with E-state index in [4.69, 9.17) is 10.7 Å². The summed E-state index contributed by atoms with van der Waals surface area (Å²) in [6, 6.07) is 12.9. The largest absolute Gasteiger partial charge is 0.364 e. The predicted octanol–water partition coefficient (Wildman–Crippen LogP) is 5.33. The SMILES string of the molecule is NC(=O)c1ncc(N2CCC[C@@H](CC(=O)c3cccnc3)C2)nc1Nc1ccc(C2CCN(C3CCCC3)CC2)cc1. The Kier molecular flexibility index (Phi) is 8.74. The van der Waals surface area contributed by atoms with Crippen LogP contribution in [0.2, 0.25) is 0 Å². The van der Waals surface area contributed by atoms with Gasteiger partial charge in [-0.1, -0.05) is 25.0 Å². The molecule has 0 spiro atoms. The number of amides is 1. The number of piperidine rings is 2. The van der Waals surface area contributed by atoms with Gasteiger partial charge in [0.25, 0.3) is 5.91 Å². The Morgan fingerprint density at radius 3 is 2.43 bits per heavy atom. The third-order valence-electron chi connectivity index (χ3n) is 9.31. The number of pyridine rings is 1. The number of benzene rings is 1. The van der Waals surface area contributed by atoms with Crippen molar-refractivity contribution >= 4 is 29.0 Å². The Morgan fingerprint density at radius 2 is 1.71 bits per heavy atom. The highest BCUT2D eigenvalue weighted by molar-refractivity contribution is 5.96. The Hall–Kier alpha value is -3.85. The maximum Gasteiger partial charge on any atom is 0.271 e. The molecule has 2 aromatic heterocycles. The van der Waals surface area contributed by atoms with E-state index in [0.717, 1.165) is 31.1 Å². The fraction of sp³-hybridized carbons (Fsp3) is 0.485. The topological polar surface area (TPSA) is 117 Å². The molecule has 0 bridgehead atoms. The van der Waals surface area contributed by atoms with E-state index in [1.807, 2.05) is 6.07 Å². The zero-order valence-electron chi connectivity index (χ0n) is 24.3. The lowest BCUT2D eigenvalue weighted by Gasteiger charge is -2.36. The lowest BCUT2D eigenvalue weighted by molar-refractivity contribution is 0.0954. The van der Waals surface area contributed by atoms with Gasteiger partial charge in [-0.25, -0.2) is 9.97 Å². The summed E-state index contributed by atoms with van der Waals surface area (Å²) in [4.78, 5) is 43.1. The van der Waals surface area contributed by atoms with Crippen LogP contribution in [0.3, 0.4) is 0 Å². The maximum absolute atomic E-state index is 12.8. The molecule has 4 heterocycles. The number of primary amides is 1. The summed E-state index contributed by atoms with van der Waals surface area (Å²) < 4.78 is 0. The first-order chi connectivity index (χ1) is 20.5. The number of hydrogen-bond donors (Lipinski definition) is 2. The van der Waals surface area contributed by atoms with Crippen molar-refractivity contribution in [3.8, 4) is 0 Å². The van der Waals surface area contributed by atoms with Crippen LogP contribution in [0.1, 0.15) is 90.1 Å². The number of likely N-dealkylation sites (tertiary alicyclic amines) is 1. The number of aromatic nitrogens is 3. The summed E-state index contributed by atoms with van der Waals surface area (Å²) in [7, 11) is 0. The van der Waals surface area contributed by atoms with Crippen molar-refractivity contribution in [3.63, 3.8) is 0 Å². The number of carbonyl (C=O) groups is 2. The quantitative estimate of drug-likeness (QED) is 0.334. The van der Waals surface area contributed by atoms with Crippen molar-refractivity contribution in [2.24, 2.45) is 11.7 Å². The molecule has 6 rings (SSSR count). The highest BCUT2D eigenvalue weighted by atomic mass is 16.1. The first kappa shape index (κ1) is 28.3. The van der Waals surface area contributed by atoms with Gasteiger partial charge in [0.15, 0.2) is 17.3 Å². The molecule has 3 aromatic rings. The monoisotopic (exact) mass is 567 g/mol. The Labute approximate surface area is 247 Å². The highest BCUT2D eigenvalue weighted by Gasteiger charge is 2.28. The summed E-state index contributed by atoms with van der Waals surface area (Å²) in [5.74, 6) is 1.30. The van der Waals surface area contributed by atoms with Gasteiger partial charge in [0, 0.05) is 49.2 Å². The molecular formula is C33H41N7O2. The minimum atomic E-state index is -0.624. The second kappa shape index (κ2) is 13.0. The van der Waals surface area contributed by atoms with Crippen molar-refractivity contribution in [2.75, 3.05) is 36.4 Å². The average Bonchev–Trinajstić information content (AvgIpc) is 3.57. The Morgan fingerprint density at radius 1 is 0.929 bits per heavy atom. The van der Waals surface area contributed by atoms with E-state index in [2.05, 4.69) is 49.4 Å². The number of Topliss-reactive ketones (excluding diaryl/α,β-unsaturated/α-hetero) is 1. The van der Waals surface area contributed by atoms with Gasteiger partial charge in [-0.05, 0) is 93.3 Å². The van der Waals surface area contributed by atoms with E-state index in [1.54, 1.807) is 24.7 Å². The van der Waals surface area contributed by atoms with Gasteiger partial charge in [-0.15, -0.1) is 0 Å². The van der Waals surface area contributed by atoms with Crippen LogP contribution < -0.4 is 16.0 Å². The van der Waals surface area contributed by atoms with E-state index < -0.39 is 5.91 Å². The lowest BCUT2D eigenvalue weighted by atomic mass is 9.88. The summed E-state index contributed by atoms with van der Waals surface area (Å²) >= 11 is 0. The van der Waals surface area contributed by atoms with Crippen molar-refractivity contribution in [1.29, 1.82) is 0 Å². The Bertz CT molecular complexity index is 1370. The second-order valence-corrected chi connectivity index (χ2v) is 12.1. The van der Waals surface area contributed by atoms with Crippen LogP contribution in [-0.4, -0.2) is 63.8 Å². The highest BCUT2D eigenvalue weighted by Crippen LogP contribution is 2.33.